The summed E-state index contributed by atoms with van der Waals surface area (Å²) in [5, 5.41) is 1.21. The molecule has 0 atom stereocenters. The maximum atomic E-state index is 13.0. The van der Waals surface area contributed by atoms with Gasteiger partial charge in [0.2, 0.25) is 0 Å². The van der Waals surface area contributed by atoms with Gasteiger partial charge in [-0.25, -0.2) is 4.98 Å². The van der Waals surface area contributed by atoms with Crippen molar-refractivity contribution in [2.45, 2.75) is 38.3 Å². The van der Waals surface area contributed by atoms with E-state index in [9.17, 15) is 9.59 Å². The predicted octanol–water partition coefficient (Wildman–Crippen LogP) is 4.40. The first-order chi connectivity index (χ1) is 12.3. The highest BCUT2D eigenvalue weighted by molar-refractivity contribution is 8.10. The van der Waals surface area contributed by atoms with Gasteiger partial charge >= 0.3 is 0 Å². The smallest absolute Gasteiger partial charge is 0.268 e. The summed E-state index contributed by atoms with van der Waals surface area (Å²) in [6.07, 6.45) is 7.07. The monoisotopic (exact) mass is 387 g/mol. The Morgan fingerprint density at radius 3 is 2.46 bits per heavy atom. The van der Waals surface area contributed by atoms with E-state index in [0.717, 1.165) is 11.8 Å². The van der Waals surface area contributed by atoms with Crippen LogP contribution in [0.5, 0.6) is 0 Å². The zero-order valence-electron chi connectivity index (χ0n) is 15.2. The number of nitrogens with zero attached hydrogens (tertiary/aromatic N) is 3. The van der Waals surface area contributed by atoms with Crippen LogP contribution in [0, 0.1) is 0 Å². The molecule has 0 fully saturated rings. The summed E-state index contributed by atoms with van der Waals surface area (Å²) < 4.78 is 0. The molecule has 2 rings (SSSR count). The molecule has 0 saturated heterocycles. The molecule has 0 bridgehead atoms. The standard InChI is InChI=1S/C19H21N3O2S2/c1-6-7-10-13(20-5)25-15-16(26-14-11-8-9-12-21-14)18(24)22(17(15)23)19(2,3)4/h6-12H,5H2,1-4H3/b7-6-,13-10+. The van der Waals surface area contributed by atoms with Gasteiger partial charge in [0.15, 0.2) is 0 Å². The molecule has 0 N–H and O–H groups in total. The Kier molecular flexibility index (Phi) is 6.61. The predicted molar refractivity (Wildman–Crippen MR) is 109 cm³/mol. The molecule has 0 radical (unpaired) electrons. The second kappa shape index (κ2) is 8.51. The summed E-state index contributed by atoms with van der Waals surface area (Å²) in [5.74, 6) is -0.629. The molecule has 1 aromatic rings. The van der Waals surface area contributed by atoms with Gasteiger partial charge in [-0.2, -0.15) is 0 Å². The van der Waals surface area contributed by atoms with Gasteiger partial charge in [-0.05, 0) is 52.6 Å². The zero-order chi connectivity index (χ0) is 19.3. The van der Waals surface area contributed by atoms with Gasteiger partial charge in [-0.1, -0.05) is 41.7 Å². The zero-order valence-corrected chi connectivity index (χ0v) is 16.9. The molecule has 0 spiro atoms. The van der Waals surface area contributed by atoms with Crippen molar-refractivity contribution in [3.63, 3.8) is 0 Å². The molecule has 5 nitrogen and oxygen atoms in total. The summed E-state index contributed by atoms with van der Waals surface area (Å²) in [4.78, 5) is 36.2. The van der Waals surface area contributed by atoms with E-state index >= 15 is 0 Å². The normalized spacial score (nSPS) is 16.2. The van der Waals surface area contributed by atoms with Crippen molar-refractivity contribution < 1.29 is 9.59 Å². The average molecular weight is 388 g/mol. The summed E-state index contributed by atoms with van der Waals surface area (Å²) in [6.45, 7) is 10.9. The van der Waals surface area contributed by atoms with Crippen LogP contribution >= 0.6 is 23.5 Å². The van der Waals surface area contributed by atoms with Crippen molar-refractivity contribution in [1.82, 2.24) is 9.88 Å². The average Bonchev–Trinajstić information content (AvgIpc) is 2.82. The topological polar surface area (TPSA) is 62.6 Å². The van der Waals surface area contributed by atoms with E-state index in [-0.39, 0.29) is 11.8 Å². The number of amides is 2. The van der Waals surface area contributed by atoms with Gasteiger partial charge in [0.1, 0.15) is 10.1 Å². The van der Waals surface area contributed by atoms with E-state index in [1.54, 1.807) is 24.4 Å². The minimum absolute atomic E-state index is 0.310. The Labute approximate surface area is 162 Å². The molecule has 2 heterocycles. The van der Waals surface area contributed by atoms with E-state index in [1.165, 1.54) is 16.7 Å². The van der Waals surface area contributed by atoms with Gasteiger partial charge in [-0.3, -0.25) is 19.5 Å². The first-order valence-electron chi connectivity index (χ1n) is 7.99. The number of carbonyl (C=O) groups excluding carboxylic acids is 2. The third kappa shape index (κ3) is 4.53. The molecule has 1 aliphatic rings. The number of hydrogen-bond acceptors (Lipinski definition) is 6. The largest absolute Gasteiger partial charge is 0.269 e. The third-order valence-electron chi connectivity index (χ3n) is 3.31. The van der Waals surface area contributed by atoms with E-state index in [1.807, 2.05) is 45.9 Å². The molecule has 136 valence electrons. The third-order valence-corrected chi connectivity index (χ3v) is 5.53. The van der Waals surface area contributed by atoms with E-state index in [4.69, 9.17) is 0 Å². The minimum Gasteiger partial charge on any atom is -0.268 e. The van der Waals surface area contributed by atoms with Gasteiger partial charge < -0.3 is 0 Å². The van der Waals surface area contributed by atoms with Crippen LogP contribution in [0.15, 0.2) is 67.5 Å². The second-order valence-electron chi connectivity index (χ2n) is 6.34. The SMILES string of the molecule is C=N/C(=C\C=C/C)SC1=C(Sc2ccccn2)C(=O)N(C(C)(C)C)C1=O. The number of allylic oxidation sites excluding steroid dienone is 3. The van der Waals surface area contributed by atoms with Gasteiger partial charge in [0.25, 0.3) is 11.8 Å². The Morgan fingerprint density at radius 1 is 1.23 bits per heavy atom. The van der Waals surface area contributed by atoms with Crippen LogP contribution in [-0.4, -0.2) is 34.0 Å². The lowest BCUT2D eigenvalue weighted by molar-refractivity contribution is -0.142. The highest BCUT2D eigenvalue weighted by atomic mass is 32.2. The van der Waals surface area contributed by atoms with Crippen LogP contribution in [0.3, 0.4) is 0 Å². The lowest BCUT2D eigenvalue weighted by atomic mass is 10.1. The fourth-order valence-corrected chi connectivity index (χ4v) is 4.05. The van der Waals surface area contributed by atoms with Crippen molar-refractivity contribution in [3.05, 3.63) is 57.5 Å². The molecule has 7 heteroatoms. The Bertz CT molecular complexity index is 806. The highest BCUT2D eigenvalue weighted by Gasteiger charge is 2.45. The number of pyridine rings is 1. The fraction of sp³-hybridized carbons (Fsp3) is 0.263. The van der Waals surface area contributed by atoms with Crippen LogP contribution < -0.4 is 0 Å². The second-order valence-corrected chi connectivity index (χ2v) is 8.40. The van der Waals surface area contributed by atoms with Crippen LogP contribution in [0.4, 0.5) is 0 Å². The quantitative estimate of drug-likeness (QED) is 0.411. The number of thioether (sulfide) groups is 2. The molecule has 0 unspecified atom stereocenters. The molecular formula is C19H21N3O2S2. The molecule has 26 heavy (non-hydrogen) atoms. The van der Waals surface area contributed by atoms with Crippen molar-refractivity contribution in [2.24, 2.45) is 4.99 Å². The number of imide groups is 1. The maximum Gasteiger partial charge on any atom is 0.269 e. The van der Waals surface area contributed by atoms with Gasteiger partial charge in [0, 0.05) is 11.7 Å². The van der Waals surface area contributed by atoms with Gasteiger partial charge in [-0.15, -0.1) is 0 Å². The van der Waals surface area contributed by atoms with E-state index in [2.05, 4.69) is 16.7 Å². The molecule has 0 saturated carbocycles. The van der Waals surface area contributed by atoms with Crippen molar-refractivity contribution in [1.29, 1.82) is 0 Å². The van der Waals surface area contributed by atoms with E-state index < -0.39 is 5.54 Å². The Hall–Kier alpha value is -2.12. The Balaban J connectivity index is 2.48. The summed E-state index contributed by atoms with van der Waals surface area (Å²) in [5.41, 5.74) is -0.624. The van der Waals surface area contributed by atoms with Crippen molar-refractivity contribution >= 4 is 42.1 Å². The highest BCUT2D eigenvalue weighted by Crippen LogP contribution is 2.43. The van der Waals surface area contributed by atoms with Crippen LogP contribution in [0.25, 0.3) is 0 Å². The lowest BCUT2D eigenvalue weighted by Crippen LogP contribution is -2.46. The molecule has 0 aromatic carbocycles. The van der Waals surface area contributed by atoms with E-state index in [0.29, 0.717) is 19.9 Å². The van der Waals surface area contributed by atoms with Gasteiger partial charge in [0.05, 0.1) is 9.81 Å². The number of rotatable bonds is 6. The molecular weight excluding hydrogens is 366 g/mol. The lowest BCUT2D eigenvalue weighted by Gasteiger charge is -2.30. The first kappa shape index (κ1) is 20.2. The minimum atomic E-state index is -0.624. The molecule has 2 amide bonds. The van der Waals surface area contributed by atoms with Crippen molar-refractivity contribution in [3.8, 4) is 0 Å². The number of carbonyl (C=O) groups is 2. The number of aromatic nitrogens is 1. The number of aliphatic imine (C=N–C) groups is 1. The molecule has 1 aromatic heterocycles. The number of hydrogen-bond donors (Lipinski definition) is 0. The summed E-state index contributed by atoms with van der Waals surface area (Å²) >= 11 is 2.35. The first-order valence-corrected chi connectivity index (χ1v) is 9.62. The summed E-state index contributed by atoms with van der Waals surface area (Å²) in [6, 6.07) is 5.45. The van der Waals surface area contributed by atoms with Crippen LogP contribution in [0.2, 0.25) is 0 Å². The van der Waals surface area contributed by atoms with Crippen molar-refractivity contribution in [2.75, 3.05) is 0 Å². The maximum absolute atomic E-state index is 13.0. The fourth-order valence-electron chi connectivity index (χ4n) is 2.19. The Morgan fingerprint density at radius 2 is 1.92 bits per heavy atom. The molecule has 1 aliphatic heterocycles. The van der Waals surface area contributed by atoms with Crippen LogP contribution in [-0.2, 0) is 9.59 Å². The summed E-state index contributed by atoms with van der Waals surface area (Å²) in [7, 11) is 0. The molecule has 0 aliphatic carbocycles. The van der Waals surface area contributed by atoms with Crippen LogP contribution in [0.1, 0.15) is 27.7 Å².